The van der Waals surface area contributed by atoms with Crippen LogP contribution in [-0.4, -0.2) is 14.5 Å². The summed E-state index contributed by atoms with van der Waals surface area (Å²) in [6.07, 6.45) is -2.84. The van der Waals surface area contributed by atoms with Crippen molar-refractivity contribution in [3.63, 3.8) is 0 Å². The lowest BCUT2D eigenvalue weighted by Crippen LogP contribution is -2.24. The van der Waals surface area contributed by atoms with Crippen LogP contribution in [0.15, 0.2) is 64.4 Å². The molecule has 8 heteroatoms. The van der Waals surface area contributed by atoms with E-state index in [2.05, 4.69) is 27.5 Å². The summed E-state index contributed by atoms with van der Waals surface area (Å²) in [7, 11) is -1.81. The third-order valence-electron chi connectivity index (χ3n) is 3.15. The summed E-state index contributed by atoms with van der Waals surface area (Å²) in [5.74, 6) is 1.04. The van der Waals surface area contributed by atoms with E-state index < -0.39 is 20.1 Å². The Morgan fingerprint density at radius 3 is 2.30 bits per heavy atom. The molecular weight excluding hydrogens is 439 g/mol. The molecule has 0 amide bonds. The van der Waals surface area contributed by atoms with Crippen molar-refractivity contribution < 1.29 is 22.3 Å². The van der Waals surface area contributed by atoms with Gasteiger partial charge in [0.25, 0.3) is 0 Å². The van der Waals surface area contributed by atoms with Crippen LogP contribution in [-0.2, 0) is 10.6 Å². The van der Waals surface area contributed by atoms with Crippen LogP contribution in [0.5, 0.6) is 11.5 Å². The molecule has 2 aromatic rings. The Morgan fingerprint density at radius 2 is 1.74 bits per heavy atom. The number of rotatable bonds is 6. The highest BCUT2D eigenvalue weighted by atomic mass is 79.9. The predicted molar refractivity (Wildman–Crippen MR) is 107 cm³/mol. The van der Waals surface area contributed by atoms with Gasteiger partial charge in [0.05, 0.1) is 5.56 Å². The first-order valence-electron chi connectivity index (χ1n) is 8.01. The van der Waals surface area contributed by atoms with Gasteiger partial charge in [0.15, 0.2) is 5.88 Å². The second-order valence-corrected chi connectivity index (χ2v) is 12.0. The van der Waals surface area contributed by atoms with Crippen LogP contribution in [0.1, 0.15) is 11.1 Å². The monoisotopic (exact) mass is 457 g/mol. The van der Waals surface area contributed by atoms with Gasteiger partial charge in [-0.1, -0.05) is 15.9 Å². The Bertz CT molecular complexity index is 844. The van der Waals surface area contributed by atoms with Crippen LogP contribution in [0.4, 0.5) is 13.2 Å². The van der Waals surface area contributed by atoms with Gasteiger partial charge in [-0.05, 0) is 68.7 Å². The molecule has 3 nitrogen and oxygen atoms in total. The Morgan fingerprint density at radius 1 is 1.11 bits per heavy atom. The normalized spacial score (nSPS) is 12.3. The highest BCUT2D eigenvalue weighted by Gasteiger charge is 2.30. The molecule has 0 bridgehead atoms. The molecule has 0 aromatic heterocycles. The maximum absolute atomic E-state index is 12.7. The highest BCUT2D eigenvalue weighted by molar-refractivity contribution is 9.10. The van der Waals surface area contributed by atoms with E-state index in [-0.39, 0.29) is 5.75 Å². The Labute approximate surface area is 165 Å². The molecule has 0 saturated carbocycles. The smallest absolute Gasteiger partial charge is 0.416 e. The first-order valence-corrected chi connectivity index (χ1v) is 12.2. The number of hydrogen-bond acceptors (Lipinski definition) is 3. The van der Waals surface area contributed by atoms with E-state index in [1.54, 1.807) is 24.4 Å². The molecule has 0 fully saturated rings. The van der Waals surface area contributed by atoms with Crippen LogP contribution in [0.3, 0.4) is 0 Å². The van der Waals surface area contributed by atoms with E-state index >= 15 is 0 Å². The zero-order valence-corrected chi connectivity index (χ0v) is 17.7. The van der Waals surface area contributed by atoms with E-state index in [0.29, 0.717) is 17.2 Å². The summed E-state index contributed by atoms with van der Waals surface area (Å²) in [5.41, 5.74) is -0.100. The Hall–Kier alpha value is -2.06. The molecule has 0 aliphatic rings. The lowest BCUT2D eigenvalue weighted by molar-refractivity contribution is -0.137. The van der Waals surface area contributed by atoms with Gasteiger partial charge in [-0.25, -0.2) is 4.99 Å². The average molecular weight is 458 g/mol. The number of nitrogens with zero attached hydrogens (tertiary/aromatic N) is 1. The molecule has 0 aliphatic heterocycles. The number of ether oxygens (including phenoxy) is 1. The fourth-order valence-electron chi connectivity index (χ4n) is 2.07. The first kappa shape index (κ1) is 21.2. The maximum atomic E-state index is 12.7. The van der Waals surface area contributed by atoms with Crippen molar-refractivity contribution in [1.82, 2.24) is 0 Å². The molecule has 0 radical (unpaired) electrons. The van der Waals surface area contributed by atoms with E-state index in [1.165, 1.54) is 12.1 Å². The minimum absolute atomic E-state index is 0.289. The molecule has 0 heterocycles. The largest absolute Gasteiger partial charge is 0.532 e. The van der Waals surface area contributed by atoms with E-state index in [9.17, 15) is 13.2 Å². The van der Waals surface area contributed by atoms with Gasteiger partial charge >= 0.3 is 6.18 Å². The van der Waals surface area contributed by atoms with Gasteiger partial charge in [-0.2, -0.15) is 13.2 Å². The molecule has 0 aliphatic carbocycles. The van der Waals surface area contributed by atoms with Crippen LogP contribution < -0.4 is 4.74 Å². The zero-order valence-electron chi connectivity index (χ0n) is 15.1. The third kappa shape index (κ3) is 6.87. The summed E-state index contributed by atoms with van der Waals surface area (Å²) in [4.78, 5) is 4.21. The molecule has 0 saturated heterocycles. The second kappa shape index (κ2) is 8.31. The van der Waals surface area contributed by atoms with Crippen molar-refractivity contribution in [3.8, 4) is 11.5 Å². The quantitative estimate of drug-likeness (QED) is 0.265. The van der Waals surface area contributed by atoms with E-state index in [1.807, 2.05) is 19.6 Å². The predicted octanol–water partition coefficient (Wildman–Crippen LogP) is 7.00. The molecule has 0 N–H and O–H groups in total. The number of hydrogen-bond donors (Lipinski definition) is 0. The molecular formula is C19H19BrF3NO2Si. The fraction of sp³-hybridized carbons (Fsp3) is 0.211. The molecule has 2 rings (SSSR count). The van der Waals surface area contributed by atoms with Crippen molar-refractivity contribution in [2.24, 2.45) is 4.99 Å². The minimum Gasteiger partial charge on any atom is -0.532 e. The number of halogens is 4. The van der Waals surface area contributed by atoms with E-state index in [4.69, 9.17) is 9.16 Å². The maximum Gasteiger partial charge on any atom is 0.416 e. The summed E-state index contributed by atoms with van der Waals surface area (Å²) >= 11 is 3.38. The van der Waals surface area contributed by atoms with Gasteiger partial charge < -0.3 is 9.16 Å². The fourth-order valence-corrected chi connectivity index (χ4v) is 3.21. The van der Waals surface area contributed by atoms with Crippen LogP contribution in [0.25, 0.3) is 0 Å². The Balaban J connectivity index is 2.22. The van der Waals surface area contributed by atoms with Crippen LogP contribution >= 0.6 is 15.9 Å². The first-order chi connectivity index (χ1) is 12.4. The molecule has 27 heavy (non-hydrogen) atoms. The van der Waals surface area contributed by atoms with Gasteiger partial charge in [0.1, 0.15) is 11.5 Å². The van der Waals surface area contributed by atoms with Crippen LogP contribution in [0, 0.1) is 0 Å². The van der Waals surface area contributed by atoms with Crippen LogP contribution in [0.2, 0.25) is 19.6 Å². The standard InChI is InChI=1S/C19H19BrF3NO2Si/c1-13(26-27(2,3)4)24-12-14-11-16(20)7-10-18(14)25-17-8-5-15(6-9-17)19(21,22)23/h5-12H,1H2,2-4H3/b24-12+. The summed E-state index contributed by atoms with van der Waals surface area (Å²) in [5, 5.41) is 0. The summed E-state index contributed by atoms with van der Waals surface area (Å²) in [6.45, 7) is 9.84. The molecule has 0 atom stereocenters. The number of aliphatic imine (C=N–C) groups is 1. The van der Waals surface area contributed by atoms with Crippen molar-refractivity contribution in [2.45, 2.75) is 25.8 Å². The number of benzene rings is 2. The molecule has 0 unspecified atom stereocenters. The van der Waals surface area contributed by atoms with Gasteiger partial charge in [0.2, 0.25) is 8.32 Å². The van der Waals surface area contributed by atoms with Gasteiger partial charge in [-0.3, -0.25) is 0 Å². The third-order valence-corrected chi connectivity index (χ3v) is 4.49. The summed E-state index contributed by atoms with van der Waals surface area (Å²) < 4.78 is 50.2. The van der Waals surface area contributed by atoms with Gasteiger partial charge in [-0.15, -0.1) is 0 Å². The zero-order chi connectivity index (χ0) is 20.2. The summed E-state index contributed by atoms with van der Waals surface area (Å²) in [6, 6.07) is 9.76. The topological polar surface area (TPSA) is 30.8 Å². The van der Waals surface area contributed by atoms with Crippen molar-refractivity contribution in [1.29, 1.82) is 0 Å². The SMILES string of the molecule is C=C(/N=C/c1cc(Br)ccc1Oc1ccc(C(F)(F)F)cc1)O[Si](C)(C)C. The molecule has 2 aromatic carbocycles. The lowest BCUT2D eigenvalue weighted by atomic mass is 10.2. The van der Waals surface area contributed by atoms with Crippen molar-refractivity contribution >= 4 is 30.5 Å². The average Bonchev–Trinajstić information content (AvgIpc) is 2.53. The highest BCUT2D eigenvalue weighted by Crippen LogP contribution is 2.32. The molecule has 144 valence electrons. The minimum atomic E-state index is -4.38. The second-order valence-electron chi connectivity index (χ2n) is 6.67. The molecule has 0 spiro atoms. The number of alkyl halides is 3. The lowest BCUT2D eigenvalue weighted by Gasteiger charge is -2.18. The van der Waals surface area contributed by atoms with Crippen molar-refractivity contribution in [2.75, 3.05) is 0 Å². The van der Waals surface area contributed by atoms with Crippen molar-refractivity contribution in [3.05, 3.63) is 70.5 Å². The Kier molecular flexibility index (Phi) is 6.53. The van der Waals surface area contributed by atoms with Gasteiger partial charge in [0, 0.05) is 16.3 Å². The van der Waals surface area contributed by atoms with E-state index in [0.717, 1.165) is 16.6 Å².